The maximum atomic E-state index is 11.8. The van der Waals surface area contributed by atoms with Gasteiger partial charge in [-0.3, -0.25) is 0 Å². The Balaban J connectivity index is 2.72. The smallest absolute Gasteiger partial charge is 0.341 e. The molecule has 1 aromatic rings. The molecule has 102 valence electrons. The van der Waals surface area contributed by atoms with E-state index in [2.05, 4.69) is 4.99 Å². The first kappa shape index (κ1) is 13.5. The van der Waals surface area contributed by atoms with Crippen LogP contribution in [-0.2, 0) is 11.3 Å². The molecular weight excluding hydrogens is 272 g/mol. The lowest BCUT2D eigenvalue weighted by Crippen LogP contribution is -2.13. The number of halogens is 1. The molecule has 0 atom stereocenters. The lowest BCUT2D eigenvalue weighted by molar-refractivity contribution is 0.0535. The van der Waals surface area contributed by atoms with Crippen molar-refractivity contribution in [2.75, 3.05) is 20.1 Å². The topological polar surface area (TPSA) is 83.1 Å². The second-order valence-corrected chi connectivity index (χ2v) is 4.07. The van der Waals surface area contributed by atoms with E-state index in [-0.39, 0.29) is 24.0 Å². The molecule has 1 heterocycles. The maximum Gasteiger partial charge on any atom is 0.341 e. The molecule has 0 saturated heterocycles. The molecule has 6 nitrogen and oxygen atoms in total. The van der Waals surface area contributed by atoms with Gasteiger partial charge in [-0.25, -0.2) is 9.79 Å². The van der Waals surface area contributed by atoms with Crippen LogP contribution in [0.3, 0.4) is 0 Å². The first-order valence-electron chi connectivity index (χ1n) is 5.46. The minimum absolute atomic E-state index is 0.0458. The molecule has 1 aliphatic heterocycles. The molecule has 0 aromatic heterocycles. The molecule has 19 heavy (non-hydrogen) atoms. The van der Waals surface area contributed by atoms with Crippen LogP contribution in [0.15, 0.2) is 11.1 Å². The van der Waals surface area contributed by atoms with E-state index >= 15 is 0 Å². The molecule has 0 radical (unpaired) electrons. The lowest BCUT2D eigenvalue weighted by Gasteiger charge is -2.12. The van der Waals surface area contributed by atoms with E-state index in [0.717, 1.165) is 0 Å². The third-order valence-electron chi connectivity index (χ3n) is 2.68. The number of carbonyl (C=O) groups excluding carboxylic acids is 1. The molecule has 0 saturated carbocycles. The summed E-state index contributed by atoms with van der Waals surface area (Å²) in [5.74, 6) is 0.547. The van der Waals surface area contributed by atoms with Gasteiger partial charge in [0.15, 0.2) is 11.5 Å². The Morgan fingerprint density at radius 3 is 2.84 bits per heavy atom. The Labute approximate surface area is 115 Å². The Morgan fingerprint density at radius 2 is 2.26 bits per heavy atom. The van der Waals surface area contributed by atoms with E-state index in [9.17, 15) is 4.79 Å². The summed E-state index contributed by atoms with van der Waals surface area (Å²) in [5, 5.41) is 0. The van der Waals surface area contributed by atoms with E-state index in [1.165, 1.54) is 14.2 Å². The minimum atomic E-state index is -0.461. The van der Waals surface area contributed by atoms with E-state index in [1.807, 2.05) is 0 Å². The number of aliphatic imine (C=N–C) groups is 1. The number of methoxy groups -OCH3 is 2. The van der Waals surface area contributed by atoms with E-state index < -0.39 is 5.97 Å². The third kappa shape index (κ3) is 2.31. The summed E-state index contributed by atoms with van der Waals surface area (Å²) in [6.45, 7) is 0.178. The van der Waals surface area contributed by atoms with Crippen LogP contribution in [0.1, 0.15) is 15.9 Å². The number of fused-ring (bicyclic) bond motifs is 1. The van der Waals surface area contributed by atoms with Gasteiger partial charge in [0.25, 0.3) is 0 Å². The van der Waals surface area contributed by atoms with Gasteiger partial charge in [0, 0.05) is 5.56 Å². The van der Waals surface area contributed by atoms with Crippen molar-refractivity contribution in [1.29, 1.82) is 0 Å². The second-order valence-electron chi connectivity index (χ2n) is 3.81. The molecule has 0 aliphatic carbocycles. The zero-order valence-corrected chi connectivity index (χ0v) is 11.3. The number of hydrogen-bond acceptors (Lipinski definition) is 5. The highest BCUT2D eigenvalue weighted by Gasteiger charge is 2.30. The Bertz CT molecular complexity index is 557. The van der Waals surface area contributed by atoms with Gasteiger partial charge in [-0.15, -0.1) is 11.6 Å². The largest absolute Gasteiger partial charge is 0.493 e. The summed E-state index contributed by atoms with van der Waals surface area (Å²) in [6.07, 6.45) is 0. The van der Waals surface area contributed by atoms with Crippen LogP contribution in [0, 0.1) is 0 Å². The van der Waals surface area contributed by atoms with Gasteiger partial charge in [-0.05, 0) is 6.07 Å². The molecule has 0 unspecified atom stereocenters. The van der Waals surface area contributed by atoms with Crippen LogP contribution in [0.5, 0.6) is 11.5 Å². The van der Waals surface area contributed by atoms with E-state index in [0.29, 0.717) is 22.6 Å². The van der Waals surface area contributed by atoms with Crippen LogP contribution >= 0.6 is 11.6 Å². The van der Waals surface area contributed by atoms with Gasteiger partial charge in [0.2, 0.25) is 0 Å². The number of ether oxygens (including phenoxy) is 3. The number of benzene rings is 1. The summed E-state index contributed by atoms with van der Waals surface area (Å²) in [6, 6.07) is 1.69. The molecule has 1 aromatic carbocycles. The molecule has 0 fully saturated rings. The third-order valence-corrected chi connectivity index (χ3v) is 2.96. The van der Waals surface area contributed by atoms with Gasteiger partial charge < -0.3 is 19.9 Å². The Hall–Kier alpha value is -1.95. The van der Waals surface area contributed by atoms with Crippen LogP contribution in [0.4, 0.5) is 5.69 Å². The maximum absolute atomic E-state index is 11.8. The van der Waals surface area contributed by atoms with Crippen molar-refractivity contribution in [3.05, 3.63) is 17.2 Å². The molecule has 1 aliphatic rings. The molecule has 0 amide bonds. The first-order chi connectivity index (χ1) is 9.12. The molecule has 7 heteroatoms. The number of amidine groups is 1. The highest BCUT2D eigenvalue weighted by Crippen LogP contribution is 2.44. The number of rotatable bonds is 4. The highest BCUT2D eigenvalue weighted by atomic mass is 35.5. The van der Waals surface area contributed by atoms with E-state index in [4.69, 9.17) is 31.5 Å². The van der Waals surface area contributed by atoms with Gasteiger partial charge in [-0.1, -0.05) is 0 Å². The number of alkyl halides is 1. The van der Waals surface area contributed by atoms with Gasteiger partial charge in [0.1, 0.15) is 18.1 Å². The number of nitrogens with zero attached hydrogens (tertiary/aromatic N) is 1. The molecule has 0 spiro atoms. The first-order valence-corrected chi connectivity index (χ1v) is 5.99. The van der Waals surface area contributed by atoms with Crippen molar-refractivity contribution >= 4 is 29.1 Å². The average molecular weight is 285 g/mol. The van der Waals surface area contributed by atoms with Gasteiger partial charge in [0.05, 0.1) is 25.7 Å². The zero-order chi connectivity index (χ0) is 14.0. The second kappa shape index (κ2) is 5.36. The monoisotopic (exact) mass is 284 g/mol. The number of cyclic esters (lactones) is 1. The fraction of sp³-hybridized carbons (Fsp3) is 0.333. The average Bonchev–Trinajstić information content (AvgIpc) is 2.79. The van der Waals surface area contributed by atoms with Crippen LogP contribution < -0.4 is 15.2 Å². The van der Waals surface area contributed by atoms with Gasteiger partial charge in [-0.2, -0.15) is 0 Å². The highest BCUT2D eigenvalue weighted by molar-refractivity contribution is 6.28. The number of esters is 1. The molecule has 2 rings (SSSR count). The normalized spacial score (nSPS) is 14.1. The molecule has 2 N–H and O–H groups in total. The SMILES string of the molecule is COc1cc2c(c(N=C(N)CCl)c1OC)C(=O)OC2. The van der Waals surface area contributed by atoms with Crippen molar-refractivity contribution in [3.8, 4) is 11.5 Å². The van der Waals surface area contributed by atoms with Crippen molar-refractivity contribution in [2.45, 2.75) is 6.61 Å². The number of nitrogens with two attached hydrogens (primary N) is 1. The summed E-state index contributed by atoms with van der Waals surface area (Å²) in [7, 11) is 2.96. The lowest BCUT2D eigenvalue weighted by atomic mass is 10.1. The molecule has 0 bridgehead atoms. The quantitative estimate of drug-likeness (QED) is 0.393. The van der Waals surface area contributed by atoms with Crippen molar-refractivity contribution in [3.63, 3.8) is 0 Å². The zero-order valence-electron chi connectivity index (χ0n) is 10.5. The van der Waals surface area contributed by atoms with E-state index in [1.54, 1.807) is 6.07 Å². The predicted molar refractivity (Wildman–Crippen MR) is 70.7 cm³/mol. The van der Waals surface area contributed by atoms with Crippen LogP contribution in [0.2, 0.25) is 0 Å². The number of carbonyl (C=O) groups is 1. The summed E-state index contributed by atoms with van der Waals surface area (Å²) in [4.78, 5) is 15.9. The fourth-order valence-electron chi connectivity index (χ4n) is 1.86. The summed E-state index contributed by atoms with van der Waals surface area (Å²) in [5.41, 5.74) is 6.94. The van der Waals surface area contributed by atoms with Gasteiger partial charge >= 0.3 is 5.97 Å². The fourth-order valence-corrected chi connectivity index (χ4v) is 1.92. The van der Waals surface area contributed by atoms with Crippen molar-refractivity contribution in [1.82, 2.24) is 0 Å². The summed E-state index contributed by atoms with van der Waals surface area (Å²) >= 11 is 5.61. The standard InChI is InChI=1S/C12H13ClN2O4/c1-17-7-3-6-5-19-12(16)9(6)10(11(7)18-2)15-8(14)4-13/h3H,4-5H2,1-2H3,(H2,14,15). The number of hydrogen-bond donors (Lipinski definition) is 1. The predicted octanol–water partition coefficient (Wildman–Crippen LogP) is 1.60. The summed E-state index contributed by atoms with van der Waals surface area (Å²) < 4.78 is 15.5. The van der Waals surface area contributed by atoms with Crippen LogP contribution in [0.25, 0.3) is 0 Å². The molecular formula is C12H13ClN2O4. The van der Waals surface area contributed by atoms with Crippen molar-refractivity contribution < 1.29 is 19.0 Å². The van der Waals surface area contributed by atoms with Crippen molar-refractivity contribution in [2.24, 2.45) is 10.7 Å². The minimum Gasteiger partial charge on any atom is -0.493 e. The Kier molecular flexibility index (Phi) is 3.80. The van der Waals surface area contributed by atoms with Crippen LogP contribution in [-0.4, -0.2) is 31.9 Å². The Morgan fingerprint density at radius 1 is 1.53 bits per heavy atom.